The molecule has 1 aromatic heterocycles. The molecule has 1 atom stereocenters. The molecule has 2 aromatic rings. The lowest BCUT2D eigenvalue weighted by molar-refractivity contribution is -0.137. The van der Waals surface area contributed by atoms with Gasteiger partial charge >= 0.3 is 6.18 Å². The van der Waals surface area contributed by atoms with E-state index < -0.39 is 17.8 Å². The third-order valence-corrected chi connectivity index (χ3v) is 4.43. The monoisotopic (exact) mass is 381 g/mol. The molecule has 3 rings (SSSR count). The Kier molecular flexibility index (Phi) is 6.18. The quantitative estimate of drug-likeness (QED) is 0.834. The molecule has 0 bridgehead atoms. The molecule has 1 N–H and O–H groups in total. The number of anilines is 1. The largest absolute Gasteiger partial charge is 0.491 e. The van der Waals surface area contributed by atoms with Gasteiger partial charge in [-0.25, -0.2) is 4.98 Å². The molecule has 1 fully saturated rings. The molecule has 146 valence electrons. The van der Waals surface area contributed by atoms with Crippen molar-refractivity contribution in [1.82, 2.24) is 9.88 Å². The predicted molar refractivity (Wildman–Crippen MR) is 95.8 cm³/mol. The van der Waals surface area contributed by atoms with E-state index in [9.17, 15) is 18.3 Å². The minimum Gasteiger partial charge on any atom is -0.491 e. The van der Waals surface area contributed by atoms with E-state index in [0.717, 1.165) is 18.0 Å². The molecular formula is C19H22F3N3O2. The van der Waals surface area contributed by atoms with Crippen molar-refractivity contribution in [2.75, 3.05) is 44.2 Å². The van der Waals surface area contributed by atoms with Crippen molar-refractivity contribution in [2.24, 2.45) is 0 Å². The second kappa shape index (κ2) is 8.58. The van der Waals surface area contributed by atoms with Gasteiger partial charge in [-0.15, -0.1) is 0 Å². The van der Waals surface area contributed by atoms with E-state index in [2.05, 4.69) is 9.88 Å². The molecule has 0 radical (unpaired) electrons. The van der Waals surface area contributed by atoms with Crippen molar-refractivity contribution in [1.29, 1.82) is 0 Å². The molecule has 1 saturated heterocycles. The van der Waals surface area contributed by atoms with E-state index >= 15 is 0 Å². The van der Waals surface area contributed by atoms with Gasteiger partial charge in [-0.2, -0.15) is 13.2 Å². The number of hydrogen-bond acceptors (Lipinski definition) is 5. The molecule has 1 unspecified atom stereocenters. The maximum absolute atomic E-state index is 12.6. The summed E-state index contributed by atoms with van der Waals surface area (Å²) in [4.78, 5) is 7.99. The molecular weight excluding hydrogens is 359 g/mol. The van der Waals surface area contributed by atoms with Gasteiger partial charge in [-0.3, -0.25) is 4.90 Å². The van der Waals surface area contributed by atoms with Gasteiger partial charge < -0.3 is 14.7 Å². The molecule has 0 aliphatic carbocycles. The van der Waals surface area contributed by atoms with Crippen LogP contribution in [0, 0.1) is 0 Å². The first-order valence-corrected chi connectivity index (χ1v) is 8.78. The lowest BCUT2D eigenvalue weighted by Crippen LogP contribution is -2.49. The number of rotatable bonds is 6. The lowest BCUT2D eigenvalue weighted by atomic mass is 10.2. The van der Waals surface area contributed by atoms with Gasteiger partial charge in [0, 0.05) is 38.9 Å². The third kappa shape index (κ3) is 5.58. The second-order valence-electron chi connectivity index (χ2n) is 6.47. The SMILES string of the molecule is OC(COc1ccccc1)CN1CCN(c2ccc(C(F)(F)F)cn2)CC1. The van der Waals surface area contributed by atoms with Gasteiger partial charge in [0.2, 0.25) is 0 Å². The molecule has 1 aliphatic heterocycles. The normalized spacial score (nSPS) is 17.0. The lowest BCUT2D eigenvalue weighted by Gasteiger charge is -2.36. The predicted octanol–water partition coefficient (Wildman–Crippen LogP) is 2.66. The van der Waals surface area contributed by atoms with Crippen LogP contribution in [-0.2, 0) is 6.18 Å². The summed E-state index contributed by atoms with van der Waals surface area (Å²) in [5, 5.41) is 10.2. The van der Waals surface area contributed by atoms with Gasteiger partial charge in [0.15, 0.2) is 0 Å². The van der Waals surface area contributed by atoms with Gasteiger partial charge in [-0.05, 0) is 24.3 Å². The Labute approximate surface area is 156 Å². The summed E-state index contributed by atoms with van der Waals surface area (Å²) in [6.07, 6.45) is -4.12. The highest BCUT2D eigenvalue weighted by atomic mass is 19.4. The van der Waals surface area contributed by atoms with Crippen LogP contribution in [0.25, 0.3) is 0 Å². The Hall–Kier alpha value is -2.32. The van der Waals surface area contributed by atoms with E-state index in [1.807, 2.05) is 35.2 Å². The number of piperazine rings is 1. The van der Waals surface area contributed by atoms with Crippen LogP contribution in [0.5, 0.6) is 5.75 Å². The van der Waals surface area contributed by atoms with Crippen molar-refractivity contribution in [2.45, 2.75) is 12.3 Å². The molecule has 27 heavy (non-hydrogen) atoms. The molecule has 8 heteroatoms. The third-order valence-electron chi connectivity index (χ3n) is 4.43. The van der Waals surface area contributed by atoms with Crippen LogP contribution >= 0.6 is 0 Å². The fourth-order valence-electron chi connectivity index (χ4n) is 2.96. The number of halogens is 3. The Morgan fingerprint density at radius 1 is 1.04 bits per heavy atom. The Bertz CT molecular complexity index is 702. The number of aromatic nitrogens is 1. The number of ether oxygens (including phenoxy) is 1. The average Bonchev–Trinajstić information content (AvgIpc) is 2.67. The van der Waals surface area contributed by atoms with Crippen molar-refractivity contribution < 1.29 is 23.0 Å². The number of benzene rings is 1. The van der Waals surface area contributed by atoms with Crippen LogP contribution in [0.1, 0.15) is 5.56 Å². The first-order chi connectivity index (χ1) is 12.9. The molecule has 1 aliphatic rings. The van der Waals surface area contributed by atoms with Crippen molar-refractivity contribution in [3.05, 3.63) is 54.2 Å². The first-order valence-electron chi connectivity index (χ1n) is 8.78. The standard InChI is InChI=1S/C19H22F3N3O2/c20-19(21,22)15-6-7-18(23-12-15)25-10-8-24(9-11-25)13-16(26)14-27-17-4-2-1-3-5-17/h1-7,12,16,26H,8-11,13-14H2. The summed E-state index contributed by atoms with van der Waals surface area (Å²) in [6.45, 7) is 3.39. The van der Waals surface area contributed by atoms with Crippen LogP contribution < -0.4 is 9.64 Å². The first kappa shape index (κ1) is 19.4. The van der Waals surface area contributed by atoms with Crippen LogP contribution in [0.4, 0.5) is 19.0 Å². The summed E-state index contributed by atoms with van der Waals surface area (Å²) in [6, 6.07) is 11.8. The van der Waals surface area contributed by atoms with E-state index in [4.69, 9.17) is 4.74 Å². The van der Waals surface area contributed by atoms with Crippen LogP contribution in [0.15, 0.2) is 48.7 Å². The minimum absolute atomic E-state index is 0.213. The number of hydrogen-bond donors (Lipinski definition) is 1. The highest BCUT2D eigenvalue weighted by Crippen LogP contribution is 2.29. The molecule has 0 saturated carbocycles. The van der Waals surface area contributed by atoms with Crippen molar-refractivity contribution in [3.63, 3.8) is 0 Å². The molecule has 0 spiro atoms. The zero-order chi connectivity index (χ0) is 19.3. The number of para-hydroxylation sites is 1. The van der Waals surface area contributed by atoms with Gasteiger partial charge in [0.1, 0.15) is 24.3 Å². The van der Waals surface area contributed by atoms with Gasteiger partial charge in [0.25, 0.3) is 0 Å². The summed E-state index contributed by atoms with van der Waals surface area (Å²) in [5.74, 6) is 1.25. The summed E-state index contributed by atoms with van der Waals surface area (Å²) < 4.78 is 43.4. The van der Waals surface area contributed by atoms with Gasteiger partial charge in [-0.1, -0.05) is 18.2 Å². The maximum Gasteiger partial charge on any atom is 0.417 e. The Morgan fingerprint density at radius 3 is 2.33 bits per heavy atom. The number of pyridine rings is 1. The topological polar surface area (TPSA) is 48.8 Å². The van der Waals surface area contributed by atoms with E-state index in [0.29, 0.717) is 38.5 Å². The molecule has 0 amide bonds. The number of aliphatic hydroxyl groups is 1. The number of alkyl halides is 3. The summed E-state index contributed by atoms with van der Waals surface area (Å²) >= 11 is 0. The van der Waals surface area contributed by atoms with Crippen LogP contribution in [-0.4, -0.2) is 60.4 Å². The van der Waals surface area contributed by atoms with Crippen molar-refractivity contribution >= 4 is 5.82 Å². The van der Waals surface area contributed by atoms with Crippen LogP contribution in [0.2, 0.25) is 0 Å². The smallest absolute Gasteiger partial charge is 0.417 e. The second-order valence-corrected chi connectivity index (χ2v) is 6.47. The number of aliphatic hydroxyl groups excluding tert-OH is 1. The Balaban J connectivity index is 1.43. The molecule has 5 nitrogen and oxygen atoms in total. The highest BCUT2D eigenvalue weighted by molar-refractivity contribution is 5.40. The van der Waals surface area contributed by atoms with Gasteiger partial charge in [0.05, 0.1) is 5.56 Å². The zero-order valence-electron chi connectivity index (χ0n) is 14.8. The maximum atomic E-state index is 12.6. The van der Waals surface area contributed by atoms with Crippen molar-refractivity contribution in [3.8, 4) is 5.75 Å². The molecule has 1 aromatic carbocycles. The molecule has 2 heterocycles. The summed E-state index contributed by atoms with van der Waals surface area (Å²) in [7, 11) is 0. The number of nitrogens with zero attached hydrogens (tertiary/aromatic N) is 3. The fourth-order valence-corrected chi connectivity index (χ4v) is 2.96. The fraction of sp³-hybridized carbons (Fsp3) is 0.421. The van der Waals surface area contributed by atoms with E-state index in [1.165, 1.54) is 6.07 Å². The van der Waals surface area contributed by atoms with E-state index in [-0.39, 0.29) is 6.61 Å². The summed E-state index contributed by atoms with van der Waals surface area (Å²) in [5.41, 5.74) is -0.744. The highest BCUT2D eigenvalue weighted by Gasteiger charge is 2.31. The Morgan fingerprint density at radius 2 is 1.74 bits per heavy atom. The minimum atomic E-state index is -4.37. The average molecular weight is 381 g/mol. The zero-order valence-corrected chi connectivity index (χ0v) is 14.8. The number of β-amino-alcohol motifs (C(OH)–C–C–N with tert-alkyl or cyclic N) is 1. The van der Waals surface area contributed by atoms with Crippen LogP contribution in [0.3, 0.4) is 0 Å². The van der Waals surface area contributed by atoms with E-state index in [1.54, 1.807) is 0 Å².